The van der Waals surface area contributed by atoms with Crippen molar-refractivity contribution < 1.29 is 23.5 Å². The van der Waals surface area contributed by atoms with Crippen LogP contribution in [0.2, 0.25) is 0 Å². The fraction of sp³-hybridized carbons (Fsp3) is 0.103. The summed E-state index contributed by atoms with van der Waals surface area (Å²) < 4.78 is 18.7. The average Bonchev–Trinajstić information content (AvgIpc) is 3.45. The van der Waals surface area contributed by atoms with E-state index in [0.717, 1.165) is 22.1 Å². The van der Waals surface area contributed by atoms with Gasteiger partial charge < -0.3 is 20.4 Å². The number of methoxy groups -OCH3 is 1. The number of aromatic amines is 1. The van der Waals surface area contributed by atoms with E-state index in [-0.39, 0.29) is 11.5 Å². The van der Waals surface area contributed by atoms with Crippen molar-refractivity contribution >= 4 is 45.3 Å². The van der Waals surface area contributed by atoms with Gasteiger partial charge in [-0.2, -0.15) is 0 Å². The molecule has 0 bridgehead atoms. The van der Waals surface area contributed by atoms with Crippen LogP contribution in [0.15, 0.2) is 60.8 Å². The number of halogens is 1. The van der Waals surface area contributed by atoms with Gasteiger partial charge in [0.15, 0.2) is 0 Å². The van der Waals surface area contributed by atoms with Crippen LogP contribution in [0, 0.1) is 12.7 Å². The zero-order valence-corrected chi connectivity index (χ0v) is 20.5. The molecule has 0 saturated carbocycles. The Balaban J connectivity index is 1.55. The number of anilines is 1. The van der Waals surface area contributed by atoms with Crippen molar-refractivity contribution in [3.05, 3.63) is 94.4 Å². The molecule has 3 N–H and O–H groups in total. The van der Waals surface area contributed by atoms with Gasteiger partial charge in [0.05, 0.1) is 36.0 Å². The third-order valence-corrected chi connectivity index (χ3v) is 7.04. The van der Waals surface area contributed by atoms with Crippen LogP contribution in [0.25, 0.3) is 33.1 Å². The van der Waals surface area contributed by atoms with E-state index in [2.05, 4.69) is 9.97 Å². The number of esters is 1. The highest BCUT2D eigenvalue weighted by atomic mass is 19.1. The monoisotopic (exact) mass is 508 g/mol. The van der Waals surface area contributed by atoms with Crippen molar-refractivity contribution in [1.82, 2.24) is 9.97 Å². The highest BCUT2D eigenvalue weighted by Gasteiger charge is 2.30. The highest BCUT2D eigenvalue weighted by Crippen LogP contribution is 2.40. The lowest BCUT2D eigenvalue weighted by Gasteiger charge is -2.20. The molecule has 38 heavy (non-hydrogen) atoms. The van der Waals surface area contributed by atoms with E-state index < -0.39 is 17.7 Å². The molecule has 5 aromatic rings. The number of amides is 2. The Morgan fingerprint density at radius 3 is 2.68 bits per heavy atom. The maximum Gasteiger partial charge on any atom is 0.337 e. The lowest BCUT2D eigenvalue weighted by Crippen LogP contribution is -2.24. The van der Waals surface area contributed by atoms with Crippen LogP contribution in [-0.4, -0.2) is 34.9 Å². The second-order valence-corrected chi connectivity index (χ2v) is 9.15. The van der Waals surface area contributed by atoms with Gasteiger partial charge in [-0.05, 0) is 48.4 Å². The number of pyridine rings is 1. The molecule has 0 spiro atoms. The molecule has 6 rings (SSSR count). The van der Waals surface area contributed by atoms with E-state index in [1.54, 1.807) is 29.2 Å². The summed E-state index contributed by atoms with van der Waals surface area (Å²) in [7, 11) is 1.31. The number of nitrogens with zero attached hydrogens (tertiary/aromatic N) is 2. The molecule has 188 valence electrons. The van der Waals surface area contributed by atoms with Gasteiger partial charge in [-0.1, -0.05) is 24.3 Å². The summed E-state index contributed by atoms with van der Waals surface area (Å²) in [5, 5.41) is 1.40. The topological polar surface area (TPSA) is 118 Å². The number of hydrogen-bond donors (Lipinski definition) is 2. The van der Waals surface area contributed by atoms with Crippen LogP contribution < -0.4 is 10.6 Å². The average molecular weight is 509 g/mol. The number of benzene rings is 3. The maximum absolute atomic E-state index is 13.8. The second kappa shape index (κ2) is 8.52. The van der Waals surface area contributed by atoms with Crippen LogP contribution in [0.5, 0.6) is 0 Å². The normalized spacial score (nSPS) is 12.8. The summed E-state index contributed by atoms with van der Waals surface area (Å²) in [6, 6.07) is 14.9. The Hall–Kier alpha value is -5.05. The molecule has 2 amide bonds. The van der Waals surface area contributed by atoms with E-state index in [4.69, 9.17) is 10.5 Å². The molecule has 0 aliphatic carbocycles. The predicted molar refractivity (Wildman–Crippen MR) is 141 cm³/mol. The molecular formula is C29H21FN4O4. The van der Waals surface area contributed by atoms with Crippen molar-refractivity contribution in [2.75, 3.05) is 12.0 Å². The Morgan fingerprint density at radius 1 is 1.11 bits per heavy atom. The van der Waals surface area contributed by atoms with E-state index in [0.29, 0.717) is 45.5 Å². The Bertz CT molecular complexity index is 1840. The number of primary amides is 1. The largest absolute Gasteiger partial charge is 0.465 e. The first-order chi connectivity index (χ1) is 18.3. The molecule has 0 saturated heterocycles. The van der Waals surface area contributed by atoms with Gasteiger partial charge >= 0.3 is 5.97 Å². The van der Waals surface area contributed by atoms with Gasteiger partial charge in [-0.25, -0.2) is 9.18 Å². The first-order valence-electron chi connectivity index (χ1n) is 11.8. The number of carbonyl (C=O) groups is 3. The summed E-state index contributed by atoms with van der Waals surface area (Å²) in [4.78, 5) is 47.0. The fourth-order valence-corrected chi connectivity index (χ4v) is 5.18. The summed E-state index contributed by atoms with van der Waals surface area (Å²) in [6.45, 7) is 2.22. The quantitative estimate of drug-likeness (QED) is 0.336. The third-order valence-electron chi connectivity index (χ3n) is 7.04. The Labute approximate surface area is 215 Å². The predicted octanol–water partition coefficient (Wildman–Crippen LogP) is 4.88. The molecule has 1 aliphatic rings. The number of nitrogens with two attached hydrogens (primary N) is 1. The molecule has 3 aromatic carbocycles. The Kier molecular flexibility index (Phi) is 5.23. The molecule has 0 atom stereocenters. The van der Waals surface area contributed by atoms with Crippen LogP contribution in [0.3, 0.4) is 0 Å². The lowest BCUT2D eigenvalue weighted by molar-refractivity contribution is 0.0600. The summed E-state index contributed by atoms with van der Waals surface area (Å²) in [6.07, 6.45) is 1.42. The molecule has 8 nitrogen and oxygen atoms in total. The summed E-state index contributed by atoms with van der Waals surface area (Å²) in [5.74, 6) is -1.87. The van der Waals surface area contributed by atoms with E-state index in [9.17, 15) is 18.8 Å². The van der Waals surface area contributed by atoms with Gasteiger partial charge in [0.1, 0.15) is 5.82 Å². The first kappa shape index (κ1) is 23.4. The summed E-state index contributed by atoms with van der Waals surface area (Å²) in [5.41, 5.74) is 11.2. The van der Waals surface area contributed by atoms with Crippen molar-refractivity contribution in [3.8, 4) is 11.3 Å². The lowest BCUT2D eigenvalue weighted by atomic mass is 9.97. The second-order valence-electron chi connectivity index (χ2n) is 9.15. The summed E-state index contributed by atoms with van der Waals surface area (Å²) >= 11 is 0. The van der Waals surface area contributed by atoms with Crippen LogP contribution in [0.1, 0.15) is 42.2 Å². The van der Waals surface area contributed by atoms with Gasteiger partial charge in [0.2, 0.25) is 0 Å². The molecule has 2 aromatic heterocycles. The van der Waals surface area contributed by atoms with Crippen LogP contribution in [0.4, 0.5) is 10.1 Å². The number of fused-ring (bicyclic) bond motifs is 4. The van der Waals surface area contributed by atoms with Gasteiger partial charge in [-0.15, -0.1) is 0 Å². The minimum atomic E-state index is -0.646. The molecule has 3 heterocycles. The molecule has 9 heteroatoms. The number of ether oxygens (including phenoxy) is 1. The number of H-pyrrole nitrogens is 1. The molecule has 0 unspecified atom stereocenters. The van der Waals surface area contributed by atoms with Gasteiger partial charge in [-0.3, -0.25) is 14.6 Å². The number of nitrogens with one attached hydrogen (secondary N) is 1. The van der Waals surface area contributed by atoms with Crippen molar-refractivity contribution in [2.45, 2.75) is 13.5 Å². The minimum absolute atomic E-state index is 0.209. The number of carbonyl (C=O) groups excluding carboxylic acids is 3. The van der Waals surface area contributed by atoms with E-state index in [1.165, 1.54) is 25.4 Å². The molecule has 0 fully saturated rings. The number of rotatable bonds is 4. The minimum Gasteiger partial charge on any atom is -0.465 e. The zero-order chi connectivity index (χ0) is 26.7. The molecule has 1 aliphatic heterocycles. The number of hydrogen-bond acceptors (Lipinski definition) is 5. The third kappa shape index (κ3) is 3.43. The molecule has 0 radical (unpaired) electrons. The van der Waals surface area contributed by atoms with Gasteiger partial charge in [0.25, 0.3) is 11.8 Å². The first-order valence-corrected chi connectivity index (χ1v) is 11.8. The zero-order valence-electron chi connectivity index (χ0n) is 20.5. The van der Waals surface area contributed by atoms with Crippen molar-refractivity contribution in [1.29, 1.82) is 0 Å². The maximum atomic E-state index is 13.8. The van der Waals surface area contributed by atoms with E-state index in [1.807, 2.05) is 25.1 Å². The standard InChI is InChI=1S/C29H21FN4O4/c1-14-18(4-3-5-23(14)34-13-16-6-8-17(30)11-20(16)28(34)36)25-24-19-9-7-15(29(37)38-2)10-22(19)33-26(24)21(12-32-25)27(31)35/h3-12,33H,13H2,1-2H3,(H2,31,35). The van der Waals surface area contributed by atoms with Crippen LogP contribution in [-0.2, 0) is 11.3 Å². The Morgan fingerprint density at radius 2 is 1.92 bits per heavy atom. The fourth-order valence-electron chi connectivity index (χ4n) is 5.18. The molecular weight excluding hydrogens is 487 g/mol. The van der Waals surface area contributed by atoms with Crippen molar-refractivity contribution in [3.63, 3.8) is 0 Å². The van der Waals surface area contributed by atoms with E-state index >= 15 is 0 Å². The SMILES string of the molecule is COC(=O)c1ccc2c(c1)[nH]c1c(C(N)=O)cnc(-c3cccc(N4Cc5ccc(F)cc5C4=O)c3C)c12. The number of aromatic nitrogens is 2. The highest BCUT2D eigenvalue weighted by molar-refractivity contribution is 6.20. The van der Waals surface area contributed by atoms with Gasteiger partial charge in [0, 0.05) is 39.3 Å². The smallest absolute Gasteiger partial charge is 0.337 e. The van der Waals surface area contributed by atoms with Crippen molar-refractivity contribution in [2.24, 2.45) is 5.73 Å². The van der Waals surface area contributed by atoms with Crippen LogP contribution >= 0.6 is 0 Å².